The van der Waals surface area contributed by atoms with E-state index in [-0.39, 0.29) is 16.5 Å². The Balaban J connectivity index is 2.28. The summed E-state index contributed by atoms with van der Waals surface area (Å²) in [6.07, 6.45) is -3.73. The molecule has 2 rings (SSSR count). The standard InChI is InChI=1S/C15H13BrF3NO/c1-9-3-2-6-20-13(9)8-14(21)10-4-5-12(16)11(7-10)15(17,18)19/h2-7,14,21H,8H2,1H3. The molecule has 1 unspecified atom stereocenters. The first-order chi connectivity index (χ1) is 9.79. The molecule has 6 heteroatoms. The van der Waals surface area contributed by atoms with Crippen LogP contribution in [0.4, 0.5) is 13.2 Å². The largest absolute Gasteiger partial charge is 0.417 e. The number of nitrogens with zero attached hydrogens (tertiary/aromatic N) is 1. The molecule has 112 valence electrons. The summed E-state index contributed by atoms with van der Waals surface area (Å²) in [5.41, 5.74) is 0.985. The zero-order valence-electron chi connectivity index (χ0n) is 11.2. The third kappa shape index (κ3) is 3.83. The number of halogens is 4. The SMILES string of the molecule is Cc1cccnc1CC(O)c1ccc(Br)c(C(F)(F)F)c1. The monoisotopic (exact) mass is 359 g/mol. The Kier molecular flexibility index (Phi) is 4.68. The smallest absolute Gasteiger partial charge is 0.388 e. The van der Waals surface area contributed by atoms with E-state index >= 15 is 0 Å². The van der Waals surface area contributed by atoms with Gasteiger partial charge in [0.15, 0.2) is 0 Å². The minimum absolute atomic E-state index is 0.0417. The highest BCUT2D eigenvalue weighted by Crippen LogP contribution is 2.36. The summed E-state index contributed by atoms with van der Waals surface area (Å²) in [6, 6.07) is 7.35. The van der Waals surface area contributed by atoms with Crippen molar-refractivity contribution in [3.8, 4) is 0 Å². The number of aliphatic hydroxyl groups excluding tert-OH is 1. The number of aliphatic hydroxyl groups is 1. The highest BCUT2D eigenvalue weighted by molar-refractivity contribution is 9.10. The Hall–Kier alpha value is -1.40. The molecule has 1 aromatic carbocycles. The van der Waals surface area contributed by atoms with E-state index in [0.29, 0.717) is 5.69 Å². The summed E-state index contributed by atoms with van der Waals surface area (Å²) >= 11 is 2.88. The maximum atomic E-state index is 12.9. The van der Waals surface area contributed by atoms with E-state index in [4.69, 9.17) is 0 Å². The molecule has 0 saturated carbocycles. The molecule has 1 aromatic heterocycles. The molecule has 0 saturated heterocycles. The number of alkyl halides is 3. The lowest BCUT2D eigenvalue weighted by atomic mass is 10.0. The molecule has 1 N–H and O–H groups in total. The fourth-order valence-electron chi connectivity index (χ4n) is 2.00. The van der Waals surface area contributed by atoms with Gasteiger partial charge in [-0.15, -0.1) is 0 Å². The summed E-state index contributed by atoms with van der Waals surface area (Å²) in [4.78, 5) is 4.14. The van der Waals surface area contributed by atoms with E-state index in [2.05, 4.69) is 20.9 Å². The molecular formula is C15H13BrF3NO. The lowest BCUT2D eigenvalue weighted by molar-refractivity contribution is -0.138. The number of aromatic nitrogens is 1. The second-order valence-electron chi connectivity index (χ2n) is 4.72. The molecule has 0 fully saturated rings. The van der Waals surface area contributed by atoms with Crippen molar-refractivity contribution in [2.45, 2.75) is 25.6 Å². The van der Waals surface area contributed by atoms with Crippen LogP contribution in [0.2, 0.25) is 0 Å². The van der Waals surface area contributed by atoms with E-state index in [1.807, 2.05) is 13.0 Å². The van der Waals surface area contributed by atoms with Crippen LogP contribution in [0.3, 0.4) is 0 Å². The molecule has 0 aliphatic rings. The molecule has 2 aromatic rings. The Bertz CT molecular complexity index is 643. The first-order valence-corrected chi connectivity index (χ1v) is 7.03. The van der Waals surface area contributed by atoms with Crippen molar-refractivity contribution in [3.63, 3.8) is 0 Å². The molecular weight excluding hydrogens is 347 g/mol. The zero-order chi connectivity index (χ0) is 15.6. The Labute approximate surface area is 128 Å². The molecule has 21 heavy (non-hydrogen) atoms. The van der Waals surface area contributed by atoms with E-state index in [9.17, 15) is 18.3 Å². The van der Waals surface area contributed by atoms with Crippen molar-refractivity contribution in [2.24, 2.45) is 0 Å². The number of benzene rings is 1. The van der Waals surface area contributed by atoms with Gasteiger partial charge in [-0.25, -0.2) is 0 Å². The normalized spacial score (nSPS) is 13.2. The van der Waals surface area contributed by atoms with Gasteiger partial charge in [-0.3, -0.25) is 4.98 Å². The van der Waals surface area contributed by atoms with Crippen molar-refractivity contribution >= 4 is 15.9 Å². The van der Waals surface area contributed by atoms with Crippen LogP contribution in [0.5, 0.6) is 0 Å². The van der Waals surface area contributed by atoms with Gasteiger partial charge in [0.1, 0.15) is 0 Å². The molecule has 1 heterocycles. The second-order valence-corrected chi connectivity index (χ2v) is 5.58. The predicted octanol–water partition coefficient (Wildman–Crippen LogP) is 4.45. The molecule has 0 amide bonds. The van der Waals surface area contributed by atoms with Crippen LogP contribution >= 0.6 is 15.9 Å². The molecule has 0 aliphatic carbocycles. The van der Waals surface area contributed by atoms with Crippen LogP contribution in [-0.2, 0) is 12.6 Å². The minimum Gasteiger partial charge on any atom is -0.388 e. The molecule has 1 atom stereocenters. The van der Waals surface area contributed by atoms with Gasteiger partial charge < -0.3 is 5.11 Å². The number of hydrogen-bond acceptors (Lipinski definition) is 2. The van der Waals surface area contributed by atoms with Crippen molar-refractivity contribution in [1.82, 2.24) is 4.98 Å². The van der Waals surface area contributed by atoms with E-state index in [0.717, 1.165) is 11.6 Å². The van der Waals surface area contributed by atoms with Gasteiger partial charge in [0.05, 0.1) is 11.7 Å². The minimum atomic E-state index is -4.46. The van der Waals surface area contributed by atoms with Gasteiger partial charge >= 0.3 is 6.18 Å². The average molecular weight is 360 g/mol. The summed E-state index contributed by atoms with van der Waals surface area (Å²) in [5.74, 6) is 0. The molecule has 0 radical (unpaired) electrons. The van der Waals surface area contributed by atoms with E-state index in [1.165, 1.54) is 12.1 Å². The topological polar surface area (TPSA) is 33.1 Å². The highest BCUT2D eigenvalue weighted by Gasteiger charge is 2.33. The fourth-order valence-corrected chi connectivity index (χ4v) is 2.47. The highest BCUT2D eigenvalue weighted by atomic mass is 79.9. The molecule has 0 aliphatic heterocycles. The van der Waals surface area contributed by atoms with Crippen molar-refractivity contribution in [2.75, 3.05) is 0 Å². The van der Waals surface area contributed by atoms with E-state index < -0.39 is 17.8 Å². The zero-order valence-corrected chi connectivity index (χ0v) is 12.7. The first kappa shape index (κ1) is 16.0. The number of aryl methyl sites for hydroxylation is 1. The maximum Gasteiger partial charge on any atom is 0.417 e. The third-order valence-electron chi connectivity index (χ3n) is 3.19. The average Bonchev–Trinajstić information content (AvgIpc) is 2.40. The van der Waals surface area contributed by atoms with E-state index in [1.54, 1.807) is 12.3 Å². The van der Waals surface area contributed by atoms with Gasteiger partial charge in [-0.05, 0) is 36.2 Å². The van der Waals surface area contributed by atoms with Gasteiger partial charge in [0.2, 0.25) is 0 Å². The Morgan fingerprint density at radius 3 is 2.62 bits per heavy atom. The molecule has 0 spiro atoms. The van der Waals surface area contributed by atoms with Crippen LogP contribution < -0.4 is 0 Å². The first-order valence-electron chi connectivity index (χ1n) is 6.24. The van der Waals surface area contributed by atoms with Gasteiger partial charge in [0, 0.05) is 22.8 Å². The second kappa shape index (κ2) is 6.15. The van der Waals surface area contributed by atoms with Crippen molar-refractivity contribution in [3.05, 3.63) is 63.4 Å². The van der Waals surface area contributed by atoms with Crippen LogP contribution in [-0.4, -0.2) is 10.1 Å². The summed E-state index contributed by atoms with van der Waals surface area (Å²) in [7, 11) is 0. The summed E-state index contributed by atoms with van der Waals surface area (Å²) in [5, 5.41) is 10.2. The van der Waals surface area contributed by atoms with Gasteiger partial charge in [-0.2, -0.15) is 13.2 Å². The lowest BCUT2D eigenvalue weighted by Gasteiger charge is -2.15. The number of rotatable bonds is 3. The maximum absolute atomic E-state index is 12.9. The Morgan fingerprint density at radius 1 is 1.29 bits per heavy atom. The summed E-state index contributed by atoms with van der Waals surface area (Å²) in [6.45, 7) is 1.85. The molecule has 0 bridgehead atoms. The van der Waals surface area contributed by atoms with Crippen LogP contribution in [0.1, 0.15) is 28.5 Å². The number of hydrogen-bond donors (Lipinski definition) is 1. The molecule has 2 nitrogen and oxygen atoms in total. The Morgan fingerprint density at radius 2 is 2.00 bits per heavy atom. The predicted molar refractivity (Wildman–Crippen MR) is 76.8 cm³/mol. The number of pyridine rings is 1. The van der Waals surface area contributed by atoms with Crippen molar-refractivity contribution in [1.29, 1.82) is 0 Å². The van der Waals surface area contributed by atoms with Crippen LogP contribution in [0.15, 0.2) is 41.0 Å². The quantitative estimate of drug-likeness (QED) is 0.878. The summed E-state index contributed by atoms with van der Waals surface area (Å²) < 4.78 is 38.5. The fraction of sp³-hybridized carbons (Fsp3) is 0.267. The van der Waals surface area contributed by atoms with Gasteiger partial charge in [0.25, 0.3) is 0 Å². The third-order valence-corrected chi connectivity index (χ3v) is 3.88. The van der Waals surface area contributed by atoms with Crippen LogP contribution in [0, 0.1) is 6.92 Å². The van der Waals surface area contributed by atoms with Gasteiger partial charge in [-0.1, -0.05) is 28.1 Å². The van der Waals surface area contributed by atoms with Crippen molar-refractivity contribution < 1.29 is 18.3 Å². The van der Waals surface area contributed by atoms with Crippen LogP contribution in [0.25, 0.3) is 0 Å². The lowest BCUT2D eigenvalue weighted by Crippen LogP contribution is -2.10.